The molecule has 0 fully saturated rings. The summed E-state index contributed by atoms with van der Waals surface area (Å²) >= 11 is 11.7. The Morgan fingerprint density at radius 1 is 1.04 bits per heavy atom. The zero-order valence-corrected chi connectivity index (χ0v) is 13.2. The highest BCUT2D eigenvalue weighted by Gasteiger charge is 2.30. The van der Waals surface area contributed by atoms with Gasteiger partial charge in [0.15, 0.2) is 6.10 Å². The lowest BCUT2D eigenvalue weighted by Crippen LogP contribution is -2.23. The Hall–Kier alpha value is -2.08. The molecule has 0 saturated heterocycles. The molecule has 23 heavy (non-hydrogen) atoms. The van der Waals surface area contributed by atoms with E-state index >= 15 is 0 Å². The lowest BCUT2D eigenvalue weighted by molar-refractivity contribution is -0.171. The van der Waals surface area contributed by atoms with Crippen molar-refractivity contribution in [2.24, 2.45) is 0 Å². The van der Waals surface area contributed by atoms with Gasteiger partial charge < -0.3 is 14.9 Å². The van der Waals surface area contributed by atoms with Crippen LogP contribution in [0.3, 0.4) is 0 Å². The number of carboxylic acids is 1. The number of aliphatic hydroxyl groups excluding tert-OH is 1. The highest BCUT2D eigenvalue weighted by atomic mass is 35.5. The van der Waals surface area contributed by atoms with Gasteiger partial charge >= 0.3 is 11.9 Å². The number of rotatable bonds is 5. The normalized spacial score (nSPS) is 13.2. The summed E-state index contributed by atoms with van der Waals surface area (Å²) in [6.45, 7) is 0. The van der Waals surface area contributed by atoms with Crippen LogP contribution in [0.4, 0.5) is 0 Å². The molecule has 0 amide bonds. The Bertz CT molecular complexity index is 732. The van der Waals surface area contributed by atoms with E-state index in [4.69, 9.17) is 27.9 Å². The molecular weight excluding hydrogens is 343 g/mol. The molecule has 7 heteroatoms. The average molecular weight is 355 g/mol. The Morgan fingerprint density at radius 2 is 1.74 bits per heavy atom. The van der Waals surface area contributed by atoms with Crippen LogP contribution in [0.25, 0.3) is 0 Å². The van der Waals surface area contributed by atoms with Crippen molar-refractivity contribution < 1.29 is 24.5 Å². The first-order chi connectivity index (χ1) is 10.9. The standard InChI is InChI=1S/C16H12Cl2O5/c17-10-5-3-4-9(8-10)13(19)16(22)23-14(15(20)21)11-6-1-2-7-12(11)18/h1-8,13-14,19H,(H,20,21). The second-order valence-corrected chi connectivity index (χ2v) is 5.48. The number of carbonyl (C=O) groups excluding carboxylic acids is 1. The predicted octanol–water partition coefficient (Wildman–Crippen LogP) is 3.40. The van der Waals surface area contributed by atoms with Gasteiger partial charge in [0, 0.05) is 15.6 Å². The van der Waals surface area contributed by atoms with Crippen molar-refractivity contribution in [2.75, 3.05) is 0 Å². The molecule has 0 aliphatic carbocycles. The smallest absolute Gasteiger partial charge is 0.349 e. The maximum absolute atomic E-state index is 12.0. The van der Waals surface area contributed by atoms with E-state index in [0.29, 0.717) is 5.02 Å². The van der Waals surface area contributed by atoms with Crippen LogP contribution in [0, 0.1) is 0 Å². The van der Waals surface area contributed by atoms with E-state index in [1.807, 2.05) is 0 Å². The SMILES string of the molecule is O=C(OC(C(=O)O)c1ccccc1Cl)C(O)c1cccc(Cl)c1. The lowest BCUT2D eigenvalue weighted by atomic mass is 10.1. The number of benzene rings is 2. The monoisotopic (exact) mass is 354 g/mol. The van der Waals surface area contributed by atoms with Crippen molar-refractivity contribution in [3.05, 3.63) is 69.7 Å². The third-order valence-electron chi connectivity index (χ3n) is 3.03. The maximum atomic E-state index is 12.0. The van der Waals surface area contributed by atoms with Gasteiger partial charge in [0.05, 0.1) is 0 Å². The van der Waals surface area contributed by atoms with Crippen LogP contribution < -0.4 is 0 Å². The number of aliphatic hydroxyl groups is 1. The molecule has 0 spiro atoms. The summed E-state index contributed by atoms with van der Waals surface area (Å²) in [7, 11) is 0. The van der Waals surface area contributed by atoms with E-state index in [1.54, 1.807) is 24.3 Å². The molecule has 2 aromatic rings. The number of carboxylic acid groups (broad SMARTS) is 1. The van der Waals surface area contributed by atoms with Gasteiger partial charge in [-0.2, -0.15) is 0 Å². The number of ether oxygens (including phenoxy) is 1. The molecule has 0 aliphatic heterocycles. The van der Waals surface area contributed by atoms with Gasteiger partial charge in [0.2, 0.25) is 6.10 Å². The van der Waals surface area contributed by atoms with Gasteiger partial charge in [-0.05, 0) is 23.8 Å². The minimum Gasteiger partial charge on any atom is -0.478 e. The summed E-state index contributed by atoms with van der Waals surface area (Å²) in [6.07, 6.45) is -3.27. The molecule has 0 saturated carbocycles. The lowest BCUT2D eigenvalue weighted by Gasteiger charge is -2.18. The molecule has 0 heterocycles. The molecule has 0 radical (unpaired) electrons. The largest absolute Gasteiger partial charge is 0.478 e. The highest BCUT2D eigenvalue weighted by molar-refractivity contribution is 6.31. The molecule has 2 atom stereocenters. The number of halogens is 2. The zero-order valence-electron chi connectivity index (χ0n) is 11.6. The van der Waals surface area contributed by atoms with E-state index in [1.165, 1.54) is 24.3 Å². The van der Waals surface area contributed by atoms with E-state index < -0.39 is 24.1 Å². The minimum atomic E-state index is -1.65. The fourth-order valence-corrected chi connectivity index (χ4v) is 2.36. The summed E-state index contributed by atoms with van der Waals surface area (Å²) in [6, 6.07) is 12.1. The van der Waals surface area contributed by atoms with Crippen LogP contribution in [-0.2, 0) is 14.3 Å². The topological polar surface area (TPSA) is 83.8 Å². The Morgan fingerprint density at radius 3 is 2.35 bits per heavy atom. The van der Waals surface area contributed by atoms with E-state index in [2.05, 4.69) is 0 Å². The van der Waals surface area contributed by atoms with E-state index in [0.717, 1.165) is 0 Å². The van der Waals surface area contributed by atoms with Crippen molar-refractivity contribution in [3.63, 3.8) is 0 Å². The predicted molar refractivity (Wildman–Crippen MR) is 84.3 cm³/mol. The maximum Gasteiger partial charge on any atom is 0.349 e. The molecule has 2 N–H and O–H groups in total. The minimum absolute atomic E-state index is 0.119. The van der Waals surface area contributed by atoms with E-state index in [-0.39, 0.29) is 16.1 Å². The van der Waals surface area contributed by atoms with Gasteiger partial charge in [0.1, 0.15) is 0 Å². The van der Waals surface area contributed by atoms with Crippen molar-refractivity contribution in [2.45, 2.75) is 12.2 Å². The van der Waals surface area contributed by atoms with Crippen LogP contribution >= 0.6 is 23.2 Å². The third kappa shape index (κ3) is 4.22. The average Bonchev–Trinajstić information content (AvgIpc) is 2.52. The fourth-order valence-electron chi connectivity index (χ4n) is 1.93. The van der Waals surface area contributed by atoms with Gasteiger partial charge in [-0.25, -0.2) is 9.59 Å². The molecule has 0 bridgehead atoms. The quantitative estimate of drug-likeness (QED) is 0.804. The van der Waals surface area contributed by atoms with Gasteiger partial charge in [-0.3, -0.25) is 0 Å². The molecule has 2 rings (SSSR count). The Balaban J connectivity index is 2.22. The van der Waals surface area contributed by atoms with E-state index in [9.17, 15) is 19.8 Å². The number of hydrogen-bond acceptors (Lipinski definition) is 4. The summed E-state index contributed by atoms with van der Waals surface area (Å²) < 4.78 is 4.92. The molecule has 0 aromatic heterocycles. The first-order valence-electron chi connectivity index (χ1n) is 6.51. The third-order valence-corrected chi connectivity index (χ3v) is 3.61. The molecule has 5 nitrogen and oxygen atoms in total. The van der Waals surface area contributed by atoms with Gasteiger partial charge in [0.25, 0.3) is 0 Å². The summed E-state index contributed by atoms with van der Waals surface area (Å²) in [5.41, 5.74) is 0.319. The Kier molecular flexibility index (Phi) is 5.60. The van der Waals surface area contributed by atoms with Crippen LogP contribution in [-0.4, -0.2) is 22.2 Å². The second kappa shape index (κ2) is 7.46. The van der Waals surface area contributed by atoms with Gasteiger partial charge in [-0.1, -0.05) is 53.5 Å². The van der Waals surface area contributed by atoms with Crippen LogP contribution in [0.1, 0.15) is 23.3 Å². The fraction of sp³-hybridized carbons (Fsp3) is 0.125. The van der Waals surface area contributed by atoms with Crippen molar-refractivity contribution in [1.82, 2.24) is 0 Å². The van der Waals surface area contributed by atoms with Crippen LogP contribution in [0.2, 0.25) is 10.0 Å². The number of esters is 1. The number of hydrogen-bond donors (Lipinski definition) is 2. The summed E-state index contributed by atoms with van der Waals surface area (Å²) in [5, 5.41) is 19.7. The number of carbonyl (C=O) groups is 2. The first-order valence-corrected chi connectivity index (χ1v) is 7.27. The molecular formula is C16H12Cl2O5. The first kappa shape index (κ1) is 17.3. The summed E-state index contributed by atoms with van der Waals surface area (Å²) in [4.78, 5) is 23.4. The highest BCUT2D eigenvalue weighted by Crippen LogP contribution is 2.28. The van der Waals surface area contributed by atoms with Crippen LogP contribution in [0.15, 0.2) is 48.5 Å². The molecule has 120 valence electrons. The molecule has 2 unspecified atom stereocenters. The number of aliphatic carboxylic acids is 1. The molecule has 2 aromatic carbocycles. The Labute approximate surface area is 142 Å². The second-order valence-electron chi connectivity index (χ2n) is 4.63. The zero-order chi connectivity index (χ0) is 17.0. The van der Waals surface area contributed by atoms with Gasteiger partial charge in [-0.15, -0.1) is 0 Å². The molecule has 0 aliphatic rings. The summed E-state index contributed by atoms with van der Waals surface area (Å²) in [5.74, 6) is -2.51. The van der Waals surface area contributed by atoms with Crippen molar-refractivity contribution in [1.29, 1.82) is 0 Å². The van der Waals surface area contributed by atoms with Crippen molar-refractivity contribution in [3.8, 4) is 0 Å². The van der Waals surface area contributed by atoms with Crippen LogP contribution in [0.5, 0.6) is 0 Å². The van der Waals surface area contributed by atoms with Crippen molar-refractivity contribution >= 4 is 35.1 Å².